The number of ether oxygens (including phenoxy) is 1. The number of hydrogen-bond acceptors (Lipinski definition) is 4. The van der Waals surface area contributed by atoms with Crippen LogP contribution in [0.5, 0.6) is 11.5 Å². The summed E-state index contributed by atoms with van der Waals surface area (Å²) < 4.78 is 18.7. The van der Waals surface area contributed by atoms with E-state index in [1.165, 1.54) is 0 Å². The van der Waals surface area contributed by atoms with E-state index in [4.69, 9.17) is 13.6 Å². The molecule has 0 saturated heterocycles. The van der Waals surface area contributed by atoms with Crippen LogP contribution in [-0.2, 0) is 11.2 Å². The highest BCUT2D eigenvalue weighted by molar-refractivity contribution is 6.75. The molecule has 0 amide bonds. The van der Waals surface area contributed by atoms with Crippen LogP contribution in [0.15, 0.2) is 12.1 Å². The Bertz CT molecular complexity index is 741. The lowest BCUT2D eigenvalue weighted by Crippen LogP contribution is -2.45. The van der Waals surface area contributed by atoms with E-state index in [0.29, 0.717) is 17.9 Å². The lowest BCUT2D eigenvalue weighted by atomic mass is 10.0. The van der Waals surface area contributed by atoms with E-state index >= 15 is 0 Å². The molecule has 1 aromatic rings. The number of benzene rings is 1. The zero-order valence-corrected chi connectivity index (χ0v) is 23.4. The minimum atomic E-state index is -2.16. The van der Waals surface area contributed by atoms with E-state index in [9.17, 15) is 4.79 Å². The van der Waals surface area contributed by atoms with Gasteiger partial charge in [0.05, 0.1) is 6.61 Å². The first-order valence-corrected chi connectivity index (χ1v) is 17.0. The number of esters is 1. The van der Waals surface area contributed by atoms with Crippen molar-refractivity contribution < 1.29 is 18.4 Å². The van der Waals surface area contributed by atoms with Crippen LogP contribution in [0.4, 0.5) is 0 Å². The molecule has 0 radical (unpaired) electrons. The maximum absolute atomic E-state index is 12.9. The fraction of sp³-hybridized carbons (Fsp3) is 0.708. The van der Waals surface area contributed by atoms with Gasteiger partial charge in [-0.3, -0.25) is 0 Å². The minimum absolute atomic E-state index is 0.0140. The van der Waals surface area contributed by atoms with Crippen molar-refractivity contribution in [1.29, 1.82) is 0 Å². The van der Waals surface area contributed by atoms with Gasteiger partial charge < -0.3 is 13.6 Å². The Morgan fingerprint density at radius 3 is 1.80 bits per heavy atom. The van der Waals surface area contributed by atoms with Crippen LogP contribution in [0.3, 0.4) is 0 Å². The topological polar surface area (TPSA) is 44.8 Å². The third kappa shape index (κ3) is 6.36. The summed E-state index contributed by atoms with van der Waals surface area (Å²) in [6.45, 7) is 26.4. The monoisotopic (exact) mass is 452 g/mol. The summed E-state index contributed by atoms with van der Waals surface area (Å²) >= 11 is 0. The Morgan fingerprint density at radius 2 is 1.37 bits per heavy atom. The first kappa shape index (κ1) is 26.8. The normalized spacial score (nSPS) is 13.2. The maximum Gasteiger partial charge on any atom is 0.342 e. The van der Waals surface area contributed by atoms with Gasteiger partial charge in [0.1, 0.15) is 17.1 Å². The third-order valence-corrected chi connectivity index (χ3v) is 15.2. The molecule has 0 unspecified atom stereocenters. The molecule has 0 aliphatic carbocycles. The van der Waals surface area contributed by atoms with Crippen LogP contribution in [0.1, 0.15) is 77.7 Å². The van der Waals surface area contributed by atoms with Gasteiger partial charge >= 0.3 is 5.97 Å². The van der Waals surface area contributed by atoms with Crippen LogP contribution < -0.4 is 8.85 Å². The summed E-state index contributed by atoms with van der Waals surface area (Å²) in [6, 6.07) is 3.95. The Hall–Kier alpha value is -1.28. The van der Waals surface area contributed by atoms with Crippen LogP contribution in [-0.4, -0.2) is 29.2 Å². The van der Waals surface area contributed by atoms with Crippen molar-refractivity contribution >= 4 is 22.6 Å². The SMILES string of the molecule is CCCc1cc(O[Si](C)(C)C(C)(C)C)cc(O[Si](C)(C)C(C)(C)C)c1C(=O)OCC. The molecule has 0 fully saturated rings. The Balaban J connectivity index is 3.66. The van der Waals surface area contributed by atoms with Gasteiger partial charge in [-0.15, -0.1) is 0 Å². The lowest BCUT2D eigenvalue weighted by Gasteiger charge is -2.38. The first-order chi connectivity index (χ1) is 13.5. The summed E-state index contributed by atoms with van der Waals surface area (Å²) in [5, 5.41) is 0.0956. The van der Waals surface area contributed by atoms with Crippen molar-refractivity contribution in [3.05, 3.63) is 23.3 Å². The Kier molecular flexibility index (Phi) is 8.45. The second-order valence-corrected chi connectivity index (χ2v) is 20.6. The summed E-state index contributed by atoms with van der Waals surface area (Å²) in [4.78, 5) is 12.9. The van der Waals surface area contributed by atoms with Crippen molar-refractivity contribution in [2.45, 2.75) is 104 Å². The molecule has 0 N–H and O–H groups in total. The minimum Gasteiger partial charge on any atom is -0.543 e. The van der Waals surface area contributed by atoms with Gasteiger partial charge in [0, 0.05) is 6.07 Å². The molecule has 4 nitrogen and oxygen atoms in total. The van der Waals surface area contributed by atoms with Gasteiger partial charge in [0.25, 0.3) is 8.32 Å². The number of hydrogen-bond donors (Lipinski definition) is 0. The Morgan fingerprint density at radius 1 is 0.867 bits per heavy atom. The molecule has 0 saturated carbocycles. The molecular formula is C24H44O4Si2. The van der Waals surface area contributed by atoms with E-state index in [1.54, 1.807) is 0 Å². The molecule has 1 aromatic carbocycles. The smallest absolute Gasteiger partial charge is 0.342 e. The average Bonchev–Trinajstić information content (AvgIpc) is 2.52. The Labute approximate surface area is 187 Å². The van der Waals surface area contributed by atoms with Crippen molar-refractivity contribution in [2.75, 3.05) is 6.61 Å². The quantitative estimate of drug-likeness (QED) is 0.301. The van der Waals surface area contributed by atoms with Crippen molar-refractivity contribution in [1.82, 2.24) is 0 Å². The van der Waals surface area contributed by atoms with Crippen molar-refractivity contribution in [3.8, 4) is 11.5 Å². The molecule has 172 valence electrons. The van der Waals surface area contributed by atoms with E-state index in [1.807, 2.05) is 19.1 Å². The lowest BCUT2D eigenvalue weighted by molar-refractivity contribution is 0.0522. The predicted octanol–water partition coefficient (Wildman–Crippen LogP) is 7.58. The molecule has 30 heavy (non-hydrogen) atoms. The molecule has 1 rings (SSSR count). The molecule has 0 aliphatic heterocycles. The standard InChI is InChI=1S/C24H44O4Si2/c1-13-15-18-16-19(27-29(9,10)23(3,4)5)17-20(21(18)22(25)26-14-2)28-30(11,12)24(6,7)8/h16-17H,13-15H2,1-12H3. The molecule has 0 atom stereocenters. The molecule has 0 heterocycles. The summed E-state index contributed by atoms with van der Waals surface area (Å²) in [5.41, 5.74) is 1.51. The highest BCUT2D eigenvalue weighted by Crippen LogP contribution is 2.42. The summed E-state index contributed by atoms with van der Waals surface area (Å²) in [7, 11) is -4.19. The fourth-order valence-electron chi connectivity index (χ4n) is 2.56. The maximum atomic E-state index is 12.9. The third-order valence-electron chi connectivity index (χ3n) is 6.51. The zero-order valence-electron chi connectivity index (χ0n) is 21.4. The number of aryl methyl sites for hydroxylation is 1. The average molecular weight is 453 g/mol. The summed E-state index contributed by atoms with van der Waals surface area (Å²) in [6.07, 6.45) is 1.70. The van der Waals surface area contributed by atoms with Crippen LogP contribution >= 0.6 is 0 Å². The van der Waals surface area contributed by atoms with Gasteiger partial charge in [-0.05, 0) is 61.2 Å². The van der Waals surface area contributed by atoms with E-state index in [2.05, 4.69) is 74.7 Å². The van der Waals surface area contributed by atoms with Crippen LogP contribution in [0, 0.1) is 0 Å². The van der Waals surface area contributed by atoms with E-state index < -0.39 is 16.6 Å². The molecule has 0 bridgehead atoms. The van der Waals surface area contributed by atoms with Crippen molar-refractivity contribution in [2.24, 2.45) is 0 Å². The van der Waals surface area contributed by atoms with Gasteiger partial charge in [-0.25, -0.2) is 4.79 Å². The number of carbonyl (C=O) groups is 1. The molecular weight excluding hydrogens is 408 g/mol. The molecule has 0 spiro atoms. The summed E-state index contributed by atoms with van der Waals surface area (Å²) in [5.74, 6) is 1.10. The van der Waals surface area contributed by atoms with Crippen LogP contribution in [0.2, 0.25) is 36.3 Å². The molecule has 0 aliphatic rings. The highest BCUT2D eigenvalue weighted by Gasteiger charge is 2.41. The van der Waals surface area contributed by atoms with Gasteiger partial charge in [0.2, 0.25) is 8.32 Å². The zero-order chi connectivity index (χ0) is 23.5. The van der Waals surface area contributed by atoms with Crippen LogP contribution in [0.25, 0.3) is 0 Å². The number of rotatable bonds is 8. The number of carbonyl (C=O) groups excluding carboxylic acids is 1. The first-order valence-electron chi connectivity index (χ1n) is 11.2. The highest BCUT2D eigenvalue weighted by atomic mass is 28.4. The van der Waals surface area contributed by atoms with Gasteiger partial charge in [0.15, 0.2) is 0 Å². The fourth-order valence-corrected chi connectivity index (χ4v) is 4.59. The van der Waals surface area contributed by atoms with Gasteiger partial charge in [-0.1, -0.05) is 54.9 Å². The van der Waals surface area contributed by atoms with E-state index in [0.717, 1.165) is 24.2 Å². The molecule has 0 aromatic heterocycles. The molecule has 6 heteroatoms. The predicted molar refractivity (Wildman–Crippen MR) is 132 cm³/mol. The van der Waals surface area contributed by atoms with E-state index in [-0.39, 0.29) is 16.0 Å². The second kappa shape index (κ2) is 9.47. The largest absolute Gasteiger partial charge is 0.543 e. The van der Waals surface area contributed by atoms with Gasteiger partial charge in [-0.2, -0.15) is 0 Å². The second-order valence-electron chi connectivity index (χ2n) is 11.2. The van der Waals surface area contributed by atoms with Crippen molar-refractivity contribution in [3.63, 3.8) is 0 Å².